The van der Waals surface area contributed by atoms with E-state index in [1.807, 2.05) is 45.0 Å². The molecule has 0 aromatic heterocycles. The van der Waals surface area contributed by atoms with Crippen molar-refractivity contribution < 1.29 is 14.3 Å². The molecule has 5 nitrogen and oxygen atoms in total. The van der Waals surface area contributed by atoms with Crippen LogP contribution in [0, 0.1) is 0 Å². The van der Waals surface area contributed by atoms with Gasteiger partial charge in [0.05, 0.1) is 0 Å². The molecule has 1 amide bonds. The zero-order valence-corrected chi connectivity index (χ0v) is 16.7. The summed E-state index contributed by atoms with van der Waals surface area (Å²) in [5, 5.41) is 2.93. The van der Waals surface area contributed by atoms with Crippen molar-refractivity contribution in [3.63, 3.8) is 0 Å². The number of nitrogens with zero attached hydrogens (tertiary/aromatic N) is 1. The molecular weight excluding hydrogens is 328 g/mol. The maximum atomic E-state index is 12.4. The largest absolute Gasteiger partial charge is 0.492 e. The molecule has 1 heterocycles. The molecule has 146 valence electrons. The summed E-state index contributed by atoms with van der Waals surface area (Å²) in [6.45, 7) is 11.3. The van der Waals surface area contributed by atoms with Crippen LogP contribution in [0.5, 0.6) is 5.75 Å². The summed E-state index contributed by atoms with van der Waals surface area (Å²) in [5.41, 5.74) is -0.0407. The lowest BCUT2D eigenvalue weighted by Gasteiger charge is -2.33. The number of hydrogen-bond acceptors (Lipinski definition) is 4. The molecule has 1 aromatic carbocycles. The van der Waals surface area contributed by atoms with Crippen molar-refractivity contribution in [3.05, 3.63) is 24.3 Å². The number of benzene rings is 1. The molecule has 2 atom stereocenters. The van der Waals surface area contributed by atoms with Crippen LogP contribution in [0.4, 0.5) is 5.69 Å². The van der Waals surface area contributed by atoms with Crippen molar-refractivity contribution in [2.45, 2.75) is 65.0 Å². The van der Waals surface area contributed by atoms with E-state index in [-0.39, 0.29) is 5.91 Å². The predicted molar refractivity (Wildman–Crippen MR) is 106 cm³/mol. The first-order valence-corrected chi connectivity index (χ1v) is 9.91. The second kappa shape index (κ2) is 9.93. The maximum absolute atomic E-state index is 12.4. The quantitative estimate of drug-likeness (QED) is 0.719. The molecular formula is C21H34N2O3. The fourth-order valence-electron chi connectivity index (χ4n) is 3.32. The third-order valence-corrected chi connectivity index (χ3v) is 5.32. The van der Waals surface area contributed by atoms with Crippen molar-refractivity contribution in [1.82, 2.24) is 4.90 Å². The summed E-state index contributed by atoms with van der Waals surface area (Å²) in [7, 11) is 0. The van der Waals surface area contributed by atoms with E-state index >= 15 is 0 Å². The van der Waals surface area contributed by atoms with Crippen LogP contribution >= 0.6 is 0 Å². The van der Waals surface area contributed by atoms with Crippen LogP contribution in [0.25, 0.3) is 0 Å². The molecule has 2 rings (SSSR count). The van der Waals surface area contributed by atoms with Crippen molar-refractivity contribution >= 4 is 11.6 Å². The van der Waals surface area contributed by atoms with E-state index < -0.39 is 5.60 Å². The Bertz CT molecular complexity index is 561. The number of rotatable bonds is 9. The first kappa shape index (κ1) is 20.7. The molecule has 0 saturated carbocycles. The van der Waals surface area contributed by atoms with Crippen LogP contribution in [-0.4, -0.2) is 48.8 Å². The van der Waals surface area contributed by atoms with Gasteiger partial charge < -0.3 is 14.8 Å². The van der Waals surface area contributed by atoms with E-state index in [9.17, 15) is 4.79 Å². The first-order chi connectivity index (χ1) is 12.5. The maximum Gasteiger partial charge on any atom is 0.256 e. The lowest BCUT2D eigenvalue weighted by molar-refractivity contribution is -0.139. The first-order valence-electron chi connectivity index (χ1n) is 9.91. The highest BCUT2D eigenvalue weighted by Gasteiger charge is 2.31. The Kier molecular flexibility index (Phi) is 7.91. The van der Waals surface area contributed by atoms with E-state index in [1.165, 1.54) is 25.8 Å². The van der Waals surface area contributed by atoms with E-state index in [0.29, 0.717) is 25.7 Å². The van der Waals surface area contributed by atoms with Gasteiger partial charge in [0.1, 0.15) is 18.0 Å². The Morgan fingerprint density at radius 1 is 1.27 bits per heavy atom. The minimum Gasteiger partial charge on any atom is -0.492 e. The van der Waals surface area contributed by atoms with Crippen molar-refractivity contribution in [2.75, 3.05) is 31.6 Å². The number of nitrogens with one attached hydrogen (secondary N) is 1. The molecule has 0 bridgehead atoms. The minimum absolute atomic E-state index is 0.116. The third kappa shape index (κ3) is 5.71. The Hall–Kier alpha value is -1.59. The third-order valence-electron chi connectivity index (χ3n) is 5.32. The van der Waals surface area contributed by atoms with Gasteiger partial charge in [-0.1, -0.05) is 13.3 Å². The molecule has 1 fully saturated rings. The van der Waals surface area contributed by atoms with E-state index in [1.54, 1.807) is 0 Å². The van der Waals surface area contributed by atoms with Gasteiger partial charge in [-0.2, -0.15) is 0 Å². The van der Waals surface area contributed by atoms with Crippen LogP contribution in [0.2, 0.25) is 0 Å². The van der Waals surface area contributed by atoms with Crippen molar-refractivity contribution in [3.8, 4) is 5.75 Å². The SMILES string of the molecule is CCO[C@@](C)(CC)C(=O)Nc1ccc(OCCN2CCCC[C@@H]2C)cc1. The van der Waals surface area contributed by atoms with Gasteiger partial charge in [0.2, 0.25) is 0 Å². The number of amides is 1. The molecule has 26 heavy (non-hydrogen) atoms. The summed E-state index contributed by atoms with van der Waals surface area (Å²) in [6.07, 6.45) is 4.54. The average Bonchev–Trinajstić information content (AvgIpc) is 2.64. The highest BCUT2D eigenvalue weighted by atomic mass is 16.5. The molecule has 1 aliphatic rings. The number of piperidine rings is 1. The second-order valence-electron chi connectivity index (χ2n) is 7.23. The normalized spacial score (nSPS) is 20.4. The Morgan fingerprint density at radius 2 is 2.00 bits per heavy atom. The zero-order valence-electron chi connectivity index (χ0n) is 16.7. The summed E-state index contributed by atoms with van der Waals surface area (Å²) in [6, 6.07) is 8.21. The summed E-state index contributed by atoms with van der Waals surface area (Å²) < 4.78 is 11.5. The van der Waals surface area contributed by atoms with Gasteiger partial charge in [0.25, 0.3) is 5.91 Å². The summed E-state index contributed by atoms with van der Waals surface area (Å²) in [5.74, 6) is 0.713. The number of anilines is 1. The standard InChI is InChI=1S/C21H34N2O3/c1-5-21(4,26-6-2)20(24)22-18-10-12-19(13-11-18)25-16-15-23-14-8-7-9-17(23)3/h10-13,17H,5-9,14-16H2,1-4H3,(H,22,24)/t17-,21-/m0/s1. The molecule has 0 aliphatic carbocycles. The van der Waals surface area contributed by atoms with E-state index in [0.717, 1.165) is 18.0 Å². The number of hydrogen-bond donors (Lipinski definition) is 1. The van der Waals surface area contributed by atoms with Crippen LogP contribution in [0.1, 0.15) is 53.4 Å². The van der Waals surface area contributed by atoms with E-state index in [2.05, 4.69) is 17.1 Å². The predicted octanol–water partition coefficient (Wildman–Crippen LogP) is 4.08. The van der Waals surface area contributed by atoms with Gasteiger partial charge >= 0.3 is 0 Å². The number of carbonyl (C=O) groups is 1. The zero-order chi connectivity index (χ0) is 19.0. The molecule has 1 saturated heterocycles. The minimum atomic E-state index is -0.797. The highest BCUT2D eigenvalue weighted by molar-refractivity contribution is 5.97. The molecule has 0 radical (unpaired) electrons. The number of likely N-dealkylation sites (tertiary alicyclic amines) is 1. The van der Waals surface area contributed by atoms with Crippen LogP contribution < -0.4 is 10.1 Å². The Balaban J connectivity index is 1.81. The van der Waals surface area contributed by atoms with Gasteiger partial charge in [-0.25, -0.2) is 0 Å². The van der Waals surface area contributed by atoms with Gasteiger partial charge in [-0.15, -0.1) is 0 Å². The van der Waals surface area contributed by atoms with Gasteiger partial charge in [-0.3, -0.25) is 9.69 Å². The van der Waals surface area contributed by atoms with Crippen molar-refractivity contribution in [2.24, 2.45) is 0 Å². The van der Waals surface area contributed by atoms with Crippen molar-refractivity contribution in [1.29, 1.82) is 0 Å². The molecule has 1 aromatic rings. The van der Waals surface area contributed by atoms with Crippen LogP contribution in [0.15, 0.2) is 24.3 Å². The topological polar surface area (TPSA) is 50.8 Å². The van der Waals surface area contributed by atoms with Gasteiger partial charge in [0, 0.05) is 24.9 Å². The summed E-state index contributed by atoms with van der Waals surface area (Å²) in [4.78, 5) is 14.9. The molecule has 1 N–H and O–H groups in total. The smallest absolute Gasteiger partial charge is 0.256 e. The van der Waals surface area contributed by atoms with E-state index in [4.69, 9.17) is 9.47 Å². The second-order valence-corrected chi connectivity index (χ2v) is 7.23. The lowest BCUT2D eigenvalue weighted by Crippen LogP contribution is -2.42. The molecule has 1 aliphatic heterocycles. The van der Waals surface area contributed by atoms with Crippen LogP contribution in [0.3, 0.4) is 0 Å². The molecule has 0 spiro atoms. The van der Waals surface area contributed by atoms with Gasteiger partial charge in [0.15, 0.2) is 0 Å². The average molecular weight is 363 g/mol. The number of ether oxygens (including phenoxy) is 2. The fraction of sp³-hybridized carbons (Fsp3) is 0.667. The lowest BCUT2D eigenvalue weighted by atomic mass is 10.0. The van der Waals surface area contributed by atoms with Crippen LogP contribution in [-0.2, 0) is 9.53 Å². The molecule has 5 heteroatoms. The highest BCUT2D eigenvalue weighted by Crippen LogP contribution is 2.21. The Labute approximate surface area is 158 Å². The van der Waals surface area contributed by atoms with Gasteiger partial charge in [-0.05, 0) is 70.8 Å². The number of carbonyl (C=O) groups excluding carboxylic acids is 1. The Morgan fingerprint density at radius 3 is 2.62 bits per heavy atom. The fourth-order valence-corrected chi connectivity index (χ4v) is 3.32. The summed E-state index contributed by atoms with van der Waals surface area (Å²) >= 11 is 0. The monoisotopic (exact) mass is 362 g/mol. The molecule has 0 unspecified atom stereocenters.